The Bertz CT molecular complexity index is 300. The summed E-state index contributed by atoms with van der Waals surface area (Å²) in [6.07, 6.45) is 2.90. The van der Waals surface area contributed by atoms with Crippen LogP contribution in [0, 0.1) is 0 Å². The molecule has 1 aromatic rings. The van der Waals surface area contributed by atoms with E-state index >= 15 is 0 Å². The van der Waals surface area contributed by atoms with Crippen molar-refractivity contribution >= 4 is 22.6 Å². The highest BCUT2D eigenvalue weighted by Crippen LogP contribution is 2.14. The highest BCUT2D eigenvalue weighted by Gasteiger charge is 2.05. The molecule has 0 aliphatic heterocycles. The molecular formula is C13H20IO3+. The number of rotatable bonds is 8. The fourth-order valence-electron chi connectivity index (χ4n) is 1.43. The third-order valence-electron chi connectivity index (χ3n) is 2.45. The molecule has 17 heavy (non-hydrogen) atoms. The van der Waals surface area contributed by atoms with E-state index in [2.05, 4.69) is 34.7 Å². The SMILES string of the molecule is OC(C[OH2+])COc1ccc(CCCCI)cc1. The van der Waals surface area contributed by atoms with Crippen molar-refractivity contribution < 1.29 is 14.9 Å². The molecule has 0 aromatic heterocycles. The average Bonchev–Trinajstić information content (AvgIpc) is 2.37. The van der Waals surface area contributed by atoms with Crippen LogP contribution in [0.1, 0.15) is 18.4 Å². The standard InChI is InChI=1S/C13H19IO3/c14-8-2-1-3-11-4-6-13(7-5-11)17-10-12(16)9-15/h4-7,12,15-16H,1-3,8-10H2/p+1. The molecule has 0 saturated heterocycles. The lowest BCUT2D eigenvalue weighted by Crippen LogP contribution is -2.21. The Kier molecular flexibility index (Phi) is 7.55. The first-order valence-corrected chi connectivity index (χ1v) is 7.39. The van der Waals surface area contributed by atoms with Gasteiger partial charge in [0.25, 0.3) is 0 Å². The maximum atomic E-state index is 9.20. The van der Waals surface area contributed by atoms with Crippen molar-refractivity contribution in [3.63, 3.8) is 0 Å². The Morgan fingerprint density at radius 2 is 1.94 bits per heavy atom. The van der Waals surface area contributed by atoms with Crippen LogP contribution in [0.3, 0.4) is 0 Å². The number of hydrogen-bond donors (Lipinski definition) is 1. The van der Waals surface area contributed by atoms with Gasteiger partial charge in [0.05, 0.1) is 0 Å². The Labute approximate surface area is 116 Å². The zero-order valence-electron chi connectivity index (χ0n) is 9.86. The summed E-state index contributed by atoms with van der Waals surface area (Å²) in [6.45, 7) is 0.173. The molecule has 1 rings (SSSR count). The Morgan fingerprint density at radius 1 is 1.24 bits per heavy atom. The summed E-state index contributed by atoms with van der Waals surface area (Å²) in [6, 6.07) is 7.98. The minimum atomic E-state index is -0.696. The van der Waals surface area contributed by atoms with E-state index in [1.165, 1.54) is 22.8 Å². The number of benzene rings is 1. The van der Waals surface area contributed by atoms with Gasteiger partial charge in [-0.25, -0.2) is 0 Å². The number of halogens is 1. The molecule has 3 nitrogen and oxygen atoms in total. The van der Waals surface area contributed by atoms with Crippen LogP contribution < -0.4 is 4.74 Å². The number of alkyl halides is 1. The van der Waals surface area contributed by atoms with E-state index in [1.54, 1.807) is 0 Å². The van der Waals surface area contributed by atoms with Gasteiger partial charge in [-0.1, -0.05) is 34.7 Å². The maximum Gasteiger partial charge on any atom is 0.173 e. The second-order valence-electron chi connectivity index (χ2n) is 3.96. The summed E-state index contributed by atoms with van der Waals surface area (Å²) in [5.74, 6) is 0.759. The van der Waals surface area contributed by atoms with E-state index in [-0.39, 0.29) is 13.2 Å². The van der Waals surface area contributed by atoms with Gasteiger partial charge in [-0.2, -0.15) is 0 Å². The van der Waals surface area contributed by atoms with Crippen LogP contribution in [0.2, 0.25) is 0 Å². The van der Waals surface area contributed by atoms with Crippen LogP contribution >= 0.6 is 22.6 Å². The number of unbranched alkanes of at least 4 members (excludes halogenated alkanes) is 1. The Balaban J connectivity index is 2.34. The van der Waals surface area contributed by atoms with E-state index in [0.717, 1.165) is 12.2 Å². The molecule has 0 saturated carbocycles. The fourth-order valence-corrected chi connectivity index (χ4v) is 1.97. The third-order valence-corrected chi connectivity index (χ3v) is 3.21. The van der Waals surface area contributed by atoms with Gasteiger partial charge in [0.15, 0.2) is 12.7 Å². The molecule has 0 radical (unpaired) electrons. The van der Waals surface area contributed by atoms with Crippen LogP contribution in [-0.4, -0.2) is 34.0 Å². The summed E-state index contributed by atoms with van der Waals surface area (Å²) in [4.78, 5) is 0. The molecule has 1 atom stereocenters. The Hall–Kier alpha value is -0.330. The molecule has 0 fully saturated rings. The molecule has 96 valence electrons. The van der Waals surface area contributed by atoms with Crippen molar-refractivity contribution in [2.24, 2.45) is 0 Å². The number of ether oxygens (including phenoxy) is 1. The zero-order valence-corrected chi connectivity index (χ0v) is 12.0. The molecule has 3 N–H and O–H groups in total. The molecule has 0 aliphatic carbocycles. The van der Waals surface area contributed by atoms with Crippen LogP contribution in [0.5, 0.6) is 5.75 Å². The van der Waals surface area contributed by atoms with E-state index < -0.39 is 6.10 Å². The van der Waals surface area contributed by atoms with Crippen LogP contribution in [0.4, 0.5) is 0 Å². The van der Waals surface area contributed by atoms with Gasteiger partial charge in [-0.3, -0.25) is 0 Å². The lowest BCUT2D eigenvalue weighted by atomic mass is 10.1. The molecule has 4 heteroatoms. The first kappa shape index (κ1) is 14.7. The Morgan fingerprint density at radius 3 is 2.53 bits per heavy atom. The smallest absolute Gasteiger partial charge is 0.173 e. The third kappa shape index (κ3) is 6.24. The monoisotopic (exact) mass is 351 g/mol. The lowest BCUT2D eigenvalue weighted by molar-refractivity contribution is 0.0536. The normalized spacial score (nSPS) is 12.4. The molecular weight excluding hydrogens is 331 g/mol. The first-order valence-electron chi connectivity index (χ1n) is 5.86. The predicted molar refractivity (Wildman–Crippen MR) is 78.2 cm³/mol. The quantitative estimate of drug-likeness (QED) is 0.337. The largest absolute Gasteiger partial charge is 0.491 e. The first-order chi connectivity index (χ1) is 8.26. The second kappa shape index (κ2) is 8.72. The van der Waals surface area contributed by atoms with Gasteiger partial charge in [-0.15, -0.1) is 0 Å². The summed E-state index contributed by atoms with van der Waals surface area (Å²) in [5.41, 5.74) is 1.32. The van der Waals surface area contributed by atoms with E-state index in [0.29, 0.717) is 0 Å². The predicted octanol–water partition coefficient (Wildman–Crippen LogP) is 1.91. The maximum absolute atomic E-state index is 9.20. The minimum Gasteiger partial charge on any atom is -0.491 e. The minimum absolute atomic E-state index is 0.0195. The topological polar surface area (TPSA) is 52.4 Å². The number of aliphatic hydroxyl groups excluding tert-OH is 1. The zero-order chi connectivity index (χ0) is 12.5. The molecule has 0 aliphatic rings. The van der Waals surface area contributed by atoms with Gasteiger partial charge in [0, 0.05) is 0 Å². The van der Waals surface area contributed by atoms with Crippen molar-refractivity contribution in [2.75, 3.05) is 17.6 Å². The number of aliphatic hydroxyl groups is 1. The highest BCUT2D eigenvalue weighted by molar-refractivity contribution is 14.1. The fraction of sp³-hybridized carbons (Fsp3) is 0.538. The van der Waals surface area contributed by atoms with Crippen LogP contribution in [-0.2, 0) is 6.42 Å². The number of aryl methyl sites for hydroxylation is 1. The molecule has 1 aromatic carbocycles. The molecule has 0 spiro atoms. The van der Waals surface area contributed by atoms with Crippen molar-refractivity contribution in [3.8, 4) is 5.75 Å². The summed E-state index contributed by atoms with van der Waals surface area (Å²) in [7, 11) is 0. The van der Waals surface area contributed by atoms with Crippen LogP contribution in [0.15, 0.2) is 24.3 Å². The van der Waals surface area contributed by atoms with Gasteiger partial charge in [-0.05, 0) is 41.4 Å². The van der Waals surface area contributed by atoms with E-state index in [4.69, 9.17) is 9.84 Å². The van der Waals surface area contributed by atoms with Crippen LogP contribution in [0.25, 0.3) is 0 Å². The van der Waals surface area contributed by atoms with Crippen molar-refractivity contribution in [1.29, 1.82) is 0 Å². The van der Waals surface area contributed by atoms with E-state index in [1.807, 2.05) is 12.1 Å². The van der Waals surface area contributed by atoms with Gasteiger partial charge in [0.2, 0.25) is 0 Å². The molecule has 0 heterocycles. The van der Waals surface area contributed by atoms with Crippen molar-refractivity contribution in [2.45, 2.75) is 25.4 Å². The average molecular weight is 351 g/mol. The van der Waals surface area contributed by atoms with Crippen molar-refractivity contribution in [1.82, 2.24) is 0 Å². The van der Waals surface area contributed by atoms with Gasteiger partial charge >= 0.3 is 0 Å². The summed E-state index contributed by atoms with van der Waals surface area (Å²) >= 11 is 2.40. The van der Waals surface area contributed by atoms with E-state index in [9.17, 15) is 5.11 Å². The second-order valence-corrected chi connectivity index (χ2v) is 5.04. The molecule has 1 unspecified atom stereocenters. The molecule has 0 bridgehead atoms. The van der Waals surface area contributed by atoms with Gasteiger partial charge in [0.1, 0.15) is 12.4 Å². The number of hydrogen-bond acceptors (Lipinski definition) is 2. The summed E-state index contributed by atoms with van der Waals surface area (Å²) in [5, 5.41) is 16.2. The summed E-state index contributed by atoms with van der Waals surface area (Å²) < 4.78 is 6.58. The molecule has 0 amide bonds. The van der Waals surface area contributed by atoms with Crippen molar-refractivity contribution in [3.05, 3.63) is 29.8 Å². The lowest BCUT2D eigenvalue weighted by Gasteiger charge is -2.09. The van der Waals surface area contributed by atoms with Gasteiger partial charge < -0.3 is 14.9 Å². The highest BCUT2D eigenvalue weighted by atomic mass is 127.